The zero-order valence-electron chi connectivity index (χ0n) is 8.44. The van der Waals surface area contributed by atoms with Crippen molar-refractivity contribution in [2.75, 3.05) is 0 Å². The minimum absolute atomic E-state index is 0.0900. The second kappa shape index (κ2) is 5.16. The molecule has 1 aromatic carbocycles. The highest BCUT2D eigenvalue weighted by atomic mass is 127. The maximum atomic E-state index is 11.7. The lowest BCUT2D eigenvalue weighted by Crippen LogP contribution is -2.22. The molecule has 0 aliphatic rings. The van der Waals surface area contributed by atoms with Crippen LogP contribution in [0, 0.1) is 3.57 Å². The topological polar surface area (TPSA) is 42.2 Å². The third-order valence-electron chi connectivity index (χ3n) is 2.11. The molecule has 0 radical (unpaired) electrons. The van der Waals surface area contributed by atoms with Gasteiger partial charge in [0.25, 0.3) is 5.91 Å². The van der Waals surface area contributed by atoms with E-state index >= 15 is 0 Å². The second-order valence-electron chi connectivity index (χ2n) is 3.27. The van der Waals surface area contributed by atoms with Crippen molar-refractivity contribution in [3.8, 4) is 0 Å². The molecule has 1 aromatic heterocycles. The number of amides is 1. The summed E-state index contributed by atoms with van der Waals surface area (Å²) >= 11 is 2.20. The van der Waals surface area contributed by atoms with Crippen molar-refractivity contribution < 1.29 is 9.21 Å². The van der Waals surface area contributed by atoms with E-state index in [9.17, 15) is 4.79 Å². The molecule has 0 saturated carbocycles. The first kappa shape index (κ1) is 11.2. The molecular formula is C12H10INO2. The molecule has 0 saturated heterocycles. The van der Waals surface area contributed by atoms with Gasteiger partial charge >= 0.3 is 0 Å². The second-order valence-corrected chi connectivity index (χ2v) is 4.51. The van der Waals surface area contributed by atoms with E-state index in [2.05, 4.69) is 27.9 Å². The van der Waals surface area contributed by atoms with Gasteiger partial charge in [-0.1, -0.05) is 0 Å². The number of benzene rings is 1. The van der Waals surface area contributed by atoms with Gasteiger partial charge in [0.2, 0.25) is 0 Å². The quantitative estimate of drug-likeness (QED) is 0.881. The van der Waals surface area contributed by atoms with E-state index in [1.54, 1.807) is 24.5 Å². The number of carbonyl (C=O) groups excluding carboxylic acids is 1. The fourth-order valence-corrected chi connectivity index (χ4v) is 1.64. The molecule has 1 heterocycles. The van der Waals surface area contributed by atoms with E-state index in [0.29, 0.717) is 12.1 Å². The van der Waals surface area contributed by atoms with Crippen molar-refractivity contribution in [3.63, 3.8) is 0 Å². The number of nitrogens with one attached hydrogen (secondary N) is 1. The normalized spacial score (nSPS) is 10.1. The van der Waals surface area contributed by atoms with Crippen molar-refractivity contribution in [2.45, 2.75) is 6.54 Å². The van der Waals surface area contributed by atoms with Crippen LogP contribution in [0.3, 0.4) is 0 Å². The molecule has 0 fully saturated rings. The van der Waals surface area contributed by atoms with Gasteiger partial charge in [-0.05, 0) is 59.0 Å². The molecule has 0 spiro atoms. The number of hydrogen-bond donors (Lipinski definition) is 1. The first-order chi connectivity index (χ1) is 7.75. The average molecular weight is 327 g/mol. The van der Waals surface area contributed by atoms with Crippen LogP contribution in [0.5, 0.6) is 0 Å². The van der Waals surface area contributed by atoms with Gasteiger partial charge in [0.1, 0.15) is 5.76 Å². The van der Waals surface area contributed by atoms with Crippen molar-refractivity contribution in [3.05, 3.63) is 57.6 Å². The molecule has 0 bridgehead atoms. The summed E-state index contributed by atoms with van der Waals surface area (Å²) in [5.41, 5.74) is 0.659. The predicted octanol–water partition coefficient (Wildman–Crippen LogP) is 2.81. The molecule has 2 rings (SSSR count). The highest BCUT2D eigenvalue weighted by Gasteiger charge is 2.05. The monoisotopic (exact) mass is 327 g/mol. The van der Waals surface area contributed by atoms with Gasteiger partial charge in [0, 0.05) is 9.13 Å². The summed E-state index contributed by atoms with van der Waals surface area (Å²) in [4.78, 5) is 11.7. The van der Waals surface area contributed by atoms with Crippen molar-refractivity contribution in [1.29, 1.82) is 0 Å². The first-order valence-corrected chi connectivity index (χ1v) is 5.90. The molecule has 0 unspecified atom stereocenters. The zero-order valence-corrected chi connectivity index (χ0v) is 10.6. The maximum Gasteiger partial charge on any atom is 0.251 e. The fourth-order valence-electron chi connectivity index (χ4n) is 1.28. The Morgan fingerprint density at radius 3 is 2.62 bits per heavy atom. The molecule has 1 N–H and O–H groups in total. The van der Waals surface area contributed by atoms with Crippen LogP contribution < -0.4 is 5.32 Å². The SMILES string of the molecule is O=C(NCc1ccco1)c1ccc(I)cc1. The average Bonchev–Trinajstić information content (AvgIpc) is 2.80. The molecule has 0 aliphatic heterocycles. The Balaban J connectivity index is 1.95. The summed E-state index contributed by atoms with van der Waals surface area (Å²) in [6, 6.07) is 11.0. The number of hydrogen-bond acceptors (Lipinski definition) is 2. The smallest absolute Gasteiger partial charge is 0.251 e. The van der Waals surface area contributed by atoms with Gasteiger partial charge < -0.3 is 9.73 Å². The third-order valence-corrected chi connectivity index (χ3v) is 2.83. The number of halogens is 1. The first-order valence-electron chi connectivity index (χ1n) is 4.82. The molecular weight excluding hydrogens is 317 g/mol. The Labute approximate surface area is 107 Å². The minimum Gasteiger partial charge on any atom is -0.467 e. The standard InChI is InChI=1S/C12H10INO2/c13-10-5-3-9(4-6-10)12(15)14-8-11-2-1-7-16-11/h1-7H,8H2,(H,14,15). The van der Waals surface area contributed by atoms with E-state index in [1.165, 1.54) is 0 Å². The van der Waals surface area contributed by atoms with Gasteiger partial charge in [-0.2, -0.15) is 0 Å². The molecule has 0 aliphatic carbocycles. The third kappa shape index (κ3) is 2.85. The van der Waals surface area contributed by atoms with Crippen LogP contribution in [-0.4, -0.2) is 5.91 Å². The van der Waals surface area contributed by atoms with Gasteiger partial charge in [-0.15, -0.1) is 0 Å². The number of rotatable bonds is 3. The Bertz CT molecular complexity index is 462. The molecule has 2 aromatic rings. The van der Waals surface area contributed by atoms with Crippen LogP contribution in [-0.2, 0) is 6.54 Å². The van der Waals surface area contributed by atoms with Gasteiger partial charge in [0.05, 0.1) is 12.8 Å². The van der Waals surface area contributed by atoms with Gasteiger partial charge in [-0.3, -0.25) is 4.79 Å². The van der Waals surface area contributed by atoms with Crippen LogP contribution >= 0.6 is 22.6 Å². The van der Waals surface area contributed by atoms with E-state index in [1.807, 2.05) is 18.2 Å². The summed E-state index contributed by atoms with van der Waals surface area (Å²) in [5, 5.41) is 2.79. The number of carbonyl (C=O) groups is 1. The summed E-state index contributed by atoms with van der Waals surface area (Å²) in [6.07, 6.45) is 1.59. The highest BCUT2D eigenvalue weighted by Crippen LogP contribution is 2.07. The van der Waals surface area contributed by atoms with Crippen molar-refractivity contribution in [1.82, 2.24) is 5.32 Å². The Kier molecular flexibility index (Phi) is 3.61. The van der Waals surface area contributed by atoms with Gasteiger partial charge in [-0.25, -0.2) is 0 Å². The van der Waals surface area contributed by atoms with Crippen LogP contribution in [0.1, 0.15) is 16.1 Å². The lowest BCUT2D eigenvalue weighted by Gasteiger charge is -2.03. The molecule has 3 nitrogen and oxygen atoms in total. The molecule has 16 heavy (non-hydrogen) atoms. The summed E-state index contributed by atoms with van der Waals surface area (Å²) in [6.45, 7) is 0.415. The lowest BCUT2D eigenvalue weighted by molar-refractivity contribution is 0.0948. The summed E-state index contributed by atoms with van der Waals surface area (Å²) in [7, 11) is 0. The van der Waals surface area contributed by atoms with E-state index in [4.69, 9.17) is 4.42 Å². The van der Waals surface area contributed by atoms with Crippen LogP contribution in [0.2, 0.25) is 0 Å². The van der Waals surface area contributed by atoms with E-state index < -0.39 is 0 Å². The number of furan rings is 1. The highest BCUT2D eigenvalue weighted by molar-refractivity contribution is 14.1. The lowest BCUT2D eigenvalue weighted by atomic mass is 10.2. The Morgan fingerprint density at radius 1 is 1.25 bits per heavy atom. The molecule has 0 atom stereocenters. The predicted molar refractivity (Wildman–Crippen MR) is 69.0 cm³/mol. The van der Waals surface area contributed by atoms with E-state index in [0.717, 1.165) is 9.33 Å². The summed E-state index contributed by atoms with van der Waals surface area (Å²) < 4.78 is 6.23. The fraction of sp³-hybridized carbons (Fsp3) is 0.0833. The maximum absolute atomic E-state index is 11.7. The molecule has 1 amide bonds. The van der Waals surface area contributed by atoms with Crippen molar-refractivity contribution in [2.24, 2.45) is 0 Å². The van der Waals surface area contributed by atoms with Crippen LogP contribution in [0.15, 0.2) is 47.1 Å². The Morgan fingerprint density at radius 2 is 2.00 bits per heavy atom. The minimum atomic E-state index is -0.0900. The molecule has 82 valence electrons. The van der Waals surface area contributed by atoms with E-state index in [-0.39, 0.29) is 5.91 Å². The van der Waals surface area contributed by atoms with Crippen LogP contribution in [0.25, 0.3) is 0 Å². The van der Waals surface area contributed by atoms with Gasteiger partial charge in [0.15, 0.2) is 0 Å². The largest absolute Gasteiger partial charge is 0.467 e. The summed E-state index contributed by atoms with van der Waals surface area (Å²) in [5.74, 6) is 0.659. The molecule has 4 heteroatoms. The Hall–Kier alpha value is -1.30. The van der Waals surface area contributed by atoms with Crippen LogP contribution in [0.4, 0.5) is 0 Å². The van der Waals surface area contributed by atoms with Crippen molar-refractivity contribution >= 4 is 28.5 Å². The zero-order chi connectivity index (χ0) is 11.4.